The summed E-state index contributed by atoms with van der Waals surface area (Å²) >= 11 is 3.46. The lowest BCUT2D eigenvalue weighted by Gasteiger charge is -2.32. The maximum Gasteiger partial charge on any atom is 0.263 e. The number of halogens is 1. The van der Waals surface area contributed by atoms with Crippen LogP contribution in [-0.2, 0) is 6.42 Å². The third-order valence-electron chi connectivity index (χ3n) is 4.80. The van der Waals surface area contributed by atoms with E-state index in [0.29, 0.717) is 51.7 Å². The van der Waals surface area contributed by atoms with E-state index >= 15 is 0 Å². The van der Waals surface area contributed by atoms with E-state index in [-0.39, 0.29) is 5.91 Å². The summed E-state index contributed by atoms with van der Waals surface area (Å²) in [5, 5.41) is 0. The number of carbonyl (C=O) groups excluding carboxylic acids is 1. The molecule has 0 radical (unpaired) electrons. The zero-order valence-corrected chi connectivity index (χ0v) is 17.9. The van der Waals surface area contributed by atoms with Crippen LogP contribution in [0.15, 0.2) is 35.3 Å². The van der Waals surface area contributed by atoms with E-state index in [1.54, 1.807) is 31.3 Å². The van der Waals surface area contributed by atoms with Crippen molar-refractivity contribution in [2.45, 2.75) is 6.42 Å². The van der Waals surface area contributed by atoms with E-state index in [9.17, 15) is 4.79 Å². The van der Waals surface area contributed by atoms with Crippen LogP contribution in [0.5, 0.6) is 23.0 Å². The van der Waals surface area contributed by atoms with Gasteiger partial charge in [-0.25, -0.2) is 0 Å². The number of nitrogens with zero attached hydrogens (tertiary/aromatic N) is 1. The molecule has 1 heterocycles. The Morgan fingerprint density at radius 2 is 1.64 bits per heavy atom. The van der Waals surface area contributed by atoms with Crippen LogP contribution in [0.2, 0.25) is 0 Å². The van der Waals surface area contributed by atoms with E-state index in [0.717, 1.165) is 11.1 Å². The van der Waals surface area contributed by atoms with Gasteiger partial charge in [0, 0.05) is 22.3 Å². The standard InChI is InChI=1S/C21H22BrNO5/c1-12-14-11-18(27-4)17(26-3)10-13(14)8-9-23(12)21(24)19-15(22)6-7-16(25-2)20(19)28-5/h6-7,10-11H,1,8-9H2,2-5H3. The monoisotopic (exact) mass is 447 g/mol. The molecular weight excluding hydrogens is 426 g/mol. The molecule has 3 rings (SSSR count). The number of amides is 1. The predicted octanol–water partition coefficient (Wildman–Crippen LogP) is 4.15. The number of ether oxygens (including phenoxy) is 4. The molecule has 28 heavy (non-hydrogen) atoms. The second kappa shape index (κ2) is 8.14. The van der Waals surface area contributed by atoms with Gasteiger partial charge in [-0.1, -0.05) is 6.58 Å². The molecule has 7 heteroatoms. The summed E-state index contributed by atoms with van der Waals surface area (Å²) in [6.07, 6.45) is 0.671. The molecule has 148 valence electrons. The van der Waals surface area contributed by atoms with Gasteiger partial charge in [0.1, 0.15) is 0 Å². The van der Waals surface area contributed by atoms with Crippen LogP contribution in [0.4, 0.5) is 0 Å². The normalized spacial score (nSPS) is 13.0. The van der Waals surface area contributed by atoms with Gasteiger partial charge in [-0.15, -0.1) is 0 Å². The van der Waals surface area contributed by atoms with Gasteiger partial charge in [-0.3, -0.25) is 4.79 Å². The molecule has 6 nitrogen and oxygen atoms in total. The molecule has 0 aliphatic carbocycles. The predicted molar refractivity (Wildman–Crippen MR) is 111 cm³/mol. The van der Waals surface area contributed by atoms with Crippen LogP contribution in [-0.4, -0.2) is 45.8 Å². The first-order valence-electron chi connectivity index (χ1n) is 8.63. The van der Waals surface area contributed by atoms with Crippen molar-refractivity contribution in [2.24, 2.45) is 0 Å². The molecule has 0 spiro atoms. The van der Waals surface area contributed by atoms with Gasteiger partial charge in [-0.2, -0.15) is 0 Å². The fourth-order valence-electron chi connectivity index (χ4n) is 3.37. The Morgan fingerprint density at radius 1 is 1.00 bits per heavy atom. The van der Waals surface area contributed by atoms with Crippen molar-refractivity contribution in [2.75, 3.05) is 35.0 Å². The second-order valence-electron chi connectivity index (χ2n) is 6.18. The topological polar surface area (TPSA) is 57.2 Å². The van der Waals surface area contributed by atoms with Crippen LogP contribution in [0.3, 0.4) is 0 Å². The van der Waals surface area contributed by atoms with Gasteiger partial charge in [0.05, 0.1) is 34.0 Å². The lowest BCUT2D eigenvalue weighted by Crippen LogP contribution is -2.35. The molecule has 0 N–H and O–H groups in total. The molecule has 2 aromatic carbocycles. The van der Waals surface area contributed by atoms with Gasteiger partial charge >= 0.3 is 0 Å². The molecule has 0 bridgehead atoms. The average Bonchev–Trinajstić information content (AvgIpc) is 2.72. The molecule has 2 aromatic rings. The van der Waals surface area contributed by atoms with Crippen molar-refractivity contribution < 1.29 is 23.7 Å². The average molecular weight is 448 g/mol. The number of methoxy groups -OCH3 is 4. The molecule has 1 aliphatic heterocycles. The summed E-state index contributed by atoms with van der Waals surface area (Å²) in [7, 11) is 6.23. The minimum absolute atomic E-state index is 0.215. The summed E-state index contributed by atoms with van der Waals surface area (Å²) in [4.78, 5) is 15.1. The molecule has 0 saturated heterocycles. The Balaban J connectivity index is 2.04. The third-order valence-corrected chi connectivity index (χ3v) is 5.47. The SMILES string of the molecule is C=C1c2cc(OC)c(OC)cc2CCN1C(=O)c1c(Br)ccc(OC)c1OC. The van der Waals surface area contributed by atoms with E-state index in [1.165, 1.54) is 14.2 Å². The Kier molecular flexibility index (Phi) is 5.84. The molecule has 0 saturated carbocycles. The fraction of sp³-hybridized carbons (Fsp3) is 0.286. The summed E-state index contributed by atoms with van der Waals surface area (Å²) in [5.41, 5.74) is 2.91. The molecule has 0 fully saturated rings. The Bertz CT molecular complexity index is 941. The minimum Gasteiger partial charge on any atom is -0.493 e. The number of hydrogen-bond acceptors (Lipinski definition) is 5. The van der Waals surface area contributed by atoms with Crippen molar-refractivity contribution in [3.8, 4) is 23.0 Å². The maximum atomic E-state index is 13.4. The highest BCUT2D eigenvalue weighted by atomic mass is 79.9. The van der Waals surface area contributed by atoms with Crippen LogP contribution < -0.4 is 18.9 Å². The summed E-state index contributed by atoms with van der Waals surface area (Å²) in [6, 6.07) is 7.30. The van der Waals surface area contributed by atoms with E-state index in [1.807, 2.05) is 12.1 Å². The second-order valence-corrected chi connectivity index (χ2v) is 7.03. The molecule has 0 atom stereocenters. The Labute approximate surface area is 172 Å². The molecule has 1 amide bonds. The smallest absolute Gasteiger partial charge is 0.263 e. The van der Waals surface area contributed by atoms with Crippen molar-refractivity contribution in [3.63, 3.8) is 0 Å². The molecule has 1 aliphatic rings. The van der Waals surface area contributed by atoms with Gasteiger partial charge < -0.3 is 23.8 Å². The van der Waals surface area contributed by atoms with Crippen molar-refractivity contribution in [1.82, 2.24) is 4.90 Å². The van der Waals surface area contributed by atoms with E-state index in [2.05, 4.69) is 22.5 Å². The summed E-state index contributed by atoms with van der Waals surface area (Å²) < 4.78 is 22.2. The van der Waals surface area contributed by atoms with Gasteiger partial charge in [0.15, 0.2) is 23.0 Å². The maximum absolute atomic E-state index is 13.4. The van der Waals surface area contributed by atoms with E-state index < -0.39 is 0 Å². The summed E-state index contributed by atoms with van der Waals surface area (Å²) in [5.74, 6) is 1.91. The van der Waals surface area contributed by atoms with Gasteiger partial charge in [0.2, 0.25) is 0 Å². The quantitative estimate of drug-likeness (QED) is 0.688. The van der Waals surface area contributed by atoms with Gasteiger partial charge in [0.25, 0.3) is 5.91 Å². The largest absolute Gasteiger partial charge is 0.493 e. The highest BCUT2D eigenvalue weighted by molar-refractivity contribution is 9.10. The lowest BCUT2D eigenvalue weighted by atomic mass is 9.95. The third kappa shape index (κ3) is 3.30. The number of carbonyl (C=O) groups is 1. The van der Waals surface area contributed by atoms with Crippen LogP contribution >= 0.6 is 15.9 Å². The number of rotatable bonds is 5. The molecule has 0 aromatic heterocycles. The van der Waals surface area contributed by atoms with E-state index in [4.69, 9.17) is 18.9 Å². The number of hydrogen-bond donors (Lipinski definition) is 0. The highest BCUT2D eigenvalue weighted by Gasteiger charge is 2.31. The zero-order valence-electron chi connectivity index (χ0n) is 16.3. The van der Waals surface area contributed by atoms with Crippen LogP contribution in [0, 0.1) is 0 Å². The van der Waals surface area contributed by atoms with Crippen molar-refractivity contribution in [3.05, 3.63) is 52.0 Å². The van der Waals surface area contributed by atoms with Gasteiger partial charge in [-0.05, 0) is 52.2 Å². The van der Waals surface area contributed by atoms with Crippen molar-refractivity contribution >= 4 is 27.5 Å². The highest BCUT2D eigenvalue weighted by Crippen LogP contribution is 2.41. The Hall–Kier alpha value is -2.67. The first-order valence-corrected chi connectivity index (χ1v) is 9.42. The summed E-state index contributed by atoms with van der Waals surface area (Å²) in [6.45, 7) is 4.66. The van der Waals surface area contributed by atoms with Crippen LogP contribution in [0.25, 0.3) is 5.70 Å². The molecular formula is C21H22BrNO5. The minimum atomic E-state index is -0.215. The number of benzene rings is 2. The first kappa shape index (κ1) is 20.1. The lowest BCUT2D eigenvalue weighted by molar-refractivity contribution is 0.0828. The Morgan fingerprint density at radius 3 is 2.25 bits per heavy atom. The molecule has 0 unspecified atom stereocenters. The first-order chi connectivity index (χ1) is 13.5. The zero-order chi connectivity index (χ0) is 20.4. The van der Waals surface area contributed by atoms with Crippen molar-refractivity contribution in [1.29, 1.82) is 0 Å². The van der Waals surface area contributed by atoms with Crippen LogP contribution in [0.1, 0.15) is 21.5 Å². The number of fused-ring (bicyclic) bond motifs is 1. The fourth-order valence-corrected chi connectivity index (χ4v) is 3.85.